The first kappa shape index (κ1) is 23.0. The van der Waals surface area contributed by atoms with Gasteiger partial charge in [-0.05, 0) is 73.5 Å². The van der Waals surface area contributed by atoms with Gasteiger partial charge in [-0.25, -0.2) is 0 Å². The Balaban J connectivity index is 1.46. The number of amides is 3. The number of benzene rings is 3. The Kier molecular flexibility index (Phi) is 6.63. The average Bonchev–Trinajstić information content (AvgIpc) is 3.21. The number of nitrogens with one attached hydrogen (secondary N) is 2. The summed E-state index contributed by atoms with van der Waals surface area (Å²) in [5.74, 6) is -0.543. The van der Waals surface area contributed by atoms with Crippen molar-refractivity contribution in [2.45, 2.75) is 20.3 Å². The summed E-state index contributed by atoms with van der Waals surface area (Å²) in [5, 5.41) is 5.68. The molecule has 1 heterocycles. The van der Waals surface area contributed by atoms with E-state index in [9.17, 15) is 14.4 Å². The van der Waals surface area contributed by atoms with Gasteiger partial charge in [-0.1, -0.05) is 18.2 Å². The summed E-state index contributed by atoms with van der Waals surface area (Å²) in [6, 6.07) is 19.7. The molecule has 4 rings (SSSR count). The Morgan fingerprint density at radius 3 is 2.29 bits per heavy atom. The second-order valence-electron chi connectivity index (χ2n) is 8.47. The molecule has 3 aromatic rings. The first-order chi connectivity index (χ1) is 16.3. The van der Waals surface area contributed by atoms with Crippen molar-refractivity contribution < 1.29 is 19.1 Å². The molecule has 174 valence electrons. The highest BCUT2D eigenvalue weighted by atomic mass is 16.5. The molecule has 0 saturated carbocycles. The van der Waals surface area contributed by atoms with E-state index in [1.165, 1.54) is 0 Å². The van der Waals surface area contributed by atoms with Crippen molar-refractivity contribution in [3.8, 4) is 5.75 Å². The van der Waals surface area contributed by atoms with E-state index in [-0.39, 0.29) is 24.1 Å². The van der Waals surface area contributed by atoms with Crippen molar-refractivity contribution in [1.29, 1.82) is 0 Å². The van der Waals surface area contributed by atoms with E-state index in [0.717, 1.165) is 16.8 Å². The summed E-state index contributed by atoms with van der Waals surface area (Å²) < 4.78 is 5.14. The van der Waals surface area contributed by atoms with E-state index >= 15 is 0 Å². The summed E-state index contributed by atoms with van der Waals surface area (Å²) >= 11 is 0. The fourth-order valence-corrected chi connectivity index (χ4v) is 4.14. The summed E-state index contributed by atoms with van der Waals surface area (Å²) in [5.41, 5.74) is 4.27. The van der Waals surface area contributed by atoms with Crippen LogP contribution in [-0.2, 0) is 9.59 Å². The molecule has 34 heavy (non-hydrogen) atoms. The van der Waals surface area contributed by atoms with Crippen LogP contribution in [0.3, 0.4) is 0 Å². The molecule has 1 fully saturated rings. The van der Waals surface area contributed by atoms with E-state index < -0.39 is 5.92 Å². The Morgan fingerprint density at radius 2 is 1.62 bits per heavy atom. The molecule has 1 aliphatic rings. The summed E-state index contributed by atoms with van der Waals surface area (Å²) in [6.45, 7) is 4.26. The number of rotatable bonds is 6. The van der Waals surface area contributed by atoms with E-state index in [0.29, 0.717) is 29.2 Å². The van der Waals surface area contributed by atoms with Gasteiger partial charge >= 0.3 is 0 Å². The number of hydrogen-bond donors (Lipinski definition) is 2. The molecule has 2 N–H and O–H groups in total. The van der Waals surface area contributed by atoms with Gasteiger partial charge in [0.15, 0.2) is 0 Å². The number of anilines is 3. The quantitative estimate of drug-likeness (QED) is 0.568. The molecule has 1 atom stereocenters. The molecular formula is C27H27N3O4. The molecule has 7 nitrogen and oxygen atoms in total. The predicted molar refractivity (Wildman–Crippen MR) is 132 cm³/mol. The van der Waals surface area contributed by atoms with E-state index in [4.69, 9.17) is 4.74 Å². The molecule has 3 aromatic carbocycles. The van der Waals surface area contributed by atoms with Crippen molar-refractivity contribution in [2.75, 3.05) is 29.2 Å². The van der Waals surface area contributed by atoms with E-state index in [1.54, 1.807) is 60.5 Å². The Morgan fingerprint density at radius 1 is 0.941 bits per heavy atom. The largest absolute Gasteiger partial charge is 0.497 e. The van der Waals surface area contributed by atoms with Gasteiger partial charge in [0.2, 0.25) is 11.8 Å². The van der Waals surface area contributed by atoms with Crippen LogP contribution in [0, 0.1) is 19.8 Å². The van der Waals surface area contributed by atoms with E-state index in [2.05, 4.69) is 10.6 Å². The Hall–Kier alpha value is -4.13. The molecule has 3 amide bonds. The van der Waals surface area contributed by atoms with Gasteiger partial charge in [0.05, 0.1) is 24.3 Å². The summed E-state index contributed by atoms with van der Waals surface area (Å²) in [4.78, 5) is 40.2. The molecule has 1 unspecified atom stereocenters. The van der Waals surface area contributed by atoms with Crippen molar-refractivity contribution >= 4 is 34.8 Å². The van der Waals surface area contributed by atoms with Crippen LogP contribution in [0.1, 0.15) is 27.9 Å². The van der Waals surface area contributed by atoms with Crippen LogP contribution >= 0.6 is 0 Å². The van der Waals surface area contributed by atoms with Crippen LogP contribution in [0.15, 0.2) is 66.7 Å². The fourth-order valence-electron chi connectivity index (χ4n) is 4.14. The molecule has 0 radical (unpaired) electrons. The second kappa shape index (κ2) is 9.79. The first-order valence-electron chi connectivity index (χ1n) is 11.1. The van der Waals surface area contributed by atoms with Crippen molar-refractivity contribution in [2.24, 2.45) is 5.92 Å². The molecule has 0 aliphatic carbocycles. The zero-order valence-corrected chi connectivity index (χ0v) is 19.4. The van der Waals surface area contributed by atoms with Gasteiger partial charge in [0.1, 0.15) is 5.75 Å². The normalized spacial score (nSPS) is 15.2. The summed E-state index contributed by atoms with van der Waals surface area (Å²) in [6.07, 6.45) is 0.124. The first-order valence-corrected chi connectivity index (χ1v) is 11.1. The van der Waals surface area contributed by atoms with Crippen LogP contribution in [0.4, 0.5) is 17.1 Å². The number of carbonyl (C=O) groups is 3. The lowest BCUT2D eigenvalue weighted by Gasteiger charge is -2.18. The molecule has 1 aliphatic heterocycles. The third-order valence-corrected chi connectivity index (χ3v) is 5.79. The third kappa shape index (κ3) is 5.09. The van der Waals surface area contributed by atoms with Crippen LogP contribution < -0.4 is 20.3 Å². The minimum Gasteiger partial charge on any atom is -0.497 e. The number of ether oxygens (including phenoxy) is 1. The maximum atomic E-state index is 13.0. The minimum absolute atomic E-state index is 0.0873. The highest BCUT2D eigenvalue weighted by Crippen LogP contribution is 2.28. The minimum atomic E-state index is -0.508. The zero-order chi connectivity index (χ0) is 24.2. The highest BCUT2D eigenvalue weighted by molar-refractivity contribution is 6.11. The van der Waals surface area contributed by atoms with Crippen molar-refractivity contribution in [1.82, 2.24) is 0 Å². The maximum absolute atomic E-state index is 13.0. The van der Waals surface area contributed by atoms with Crippen molar-refractivity contribution in [3.05, 3.63) is 83.4 Å². The molecule has 0 spiro atoms. The average molecular weight is 458 g/mol. The smallest absolute Gasteiger partial charge is 0.257 e. The van der Waals surface area contributed by atoms with Gasteiger partial charge in [-0.15, -0.1) is 0 Å². The van der Waals surface area contributed by atoms with Gasteiger partial charge in [-0.2, -0.15) is 0 Å². The van der Waals surface area contributed by atoms with Crippen LogP contribution in [0.5, 0.6) is 5.75 Å². The number of nitrogens with zero attached hydrogens (tertiary/aromatic N) is 1. The SMILES string of the molecule is COc1ccc(NC(=O)c2ccccc2NC(=O)C2CC(=O)N(c3cc(C)cc(C)c3)C2)cc1. The lowest BCUT2D eigenvalue weighted by atomic mass is 10.1. The monoisotopic (exact) mass is 457 g/mol. The lowest BCUT2D eigenvalue weighted by Crippen LogP contribution is -2.28. The molecule has 0 bridgehead atoms. The van der Waals surface area contributed by atoms with Crippen LogP contribution in [0.25, 0.3) is 0 Å². The van der Waals surface area contributed by atoms with Crippen LogP contribution in [0.2, 0.25) is 0 Å². The number of hydrogen-bond acceptors (Lipinski definition) is 4. The maximum Gasteiger partial charge on any atom is 0.257 e. The van der Waals surface area contributed by atoms with Gasteiger partial charge in [-0.3, -0.25) is 14.4 Å². The van der Waals surface area contributed by atoms with Gasteiger partial charge in [0, 0.05) is 24.3 Å². The third-order valence-electron chi connectivity index (χ3n) is 5.79. The molecule has 7 heteroatoms. The molecular weight excluding hydrogens is 430 g/mol. The van der Waals surface area contributed by atoms with Gasteiger partial charge < -0.3 is 20.3 Å². The lowest BCUT2D eigenvalue weighted by molar-refractivity contribution is -0.122. The number of carbonyl (C=O) groups excluding carboxylic acids is 3. The standard InChI is InChI=1S/C27H27N3O4/c1-17-12-18(2)14-21(13-17)30-16-19(15-25(30)31)26(32)29-24-7-5-4-6-23(24)27(33)28-20-8-10-22(34-3)11-9-20/h4-14,19H,15-16H2,1-3H3,(H,28,33)(H,29,32). The van der Waals surface area contributed by atoms with Gasteiger partial charge in [0.25, 0.3) is 5.91 Å². The Labute approximate surface area is 198 Å². The highest BCUT2D eigenvalue weighted by Gasteiger charge is 2.35. The fraction of sp³-hybridized carbons (Fsp3) is 0.222. The van der Waals surface area contributed by atoms with E-state index in [1.807, 2.05) is 32.0 Å². The number of aryl methyl sites for hydroxylation is 2. The molecule has 0 aromatic heterocycles. The number of para-hydroxylation sites is 1. The topological polar surface area (TPSA) is 87.7 Å². The van der Waals surface area contributed by atoms with Crippen molar-refractivity contribution in [3.63, 3.8) is 0 Å². The zero-order valence-electron chi connectivity index (χ0n) is 19.4. The number of methoxy groups -OCH3 is 1. The van der Waals surface area contributed by atoms with Crippen LogP contribution in [-0.4, -0.2) is 31.4 Å². The molecule has 1 saturated heterocycles. The second-order valence-corrected chi connectivity index (χ2v) is 8.47. The predicted octanol–water partition coefficient (Wildman–Crippen LogP) is 4.56. The Bertz CT molecular complexity index is 1220. The summed E-state index contributed by atoms with van der Waals surface area (Å²) in [7, 11) is 1.57.